The first-order valence-corrected chi connectivity index (χ1v) is 4.16. The van der Waals surface area contributed by atoms with Gasteiger partial charge in [-0.3, -0.25) is 0 Å². The van der Waals surface area contributed by atoms with E-state index in [0.29, 0.717) is 6.42 Å². The zero-order chi connectivity index (χ0) is 10.4. The molecule has 3 heteroatoms. The summed E-state index contributed by atoms with van der Waals surface area (Å²) in [5.41, 5.74) is 1.73. The Hall–Kier alpha value is -1.90. The number of rotatable bonds is 4. The van der Waals surface area contributed by atoms with E-state index in [1.807, 2.05) is 0 Å². The molecule has 0 saturated carbocycles. The van der Waals surface area contributed by atoms with Crippen LogP contribution in [0.3, 0.4) is 0 Å². The van der Waals surface area contributed by atoms with Crippen LogP contribution in [0.4, 0.5) is 0 Å². The number of carboxylic acids is 1. The van der Waals surface area contributed by atoms with E-state index < -0.39 is 5.97 Å². The maximum Gasteiger partial charge on any atom is 0.328 e. The van der Waals surface area contributed by atoms with Crippen LogP contribution in [0, 0.1) is 0 Å². The number of carbonyl (C=O) groups is 2. The lowest BCUT2D eigenvalue weighted by Crippen LogP contribution is -1.87. The van der Waals surface area contributed by atoms with E-state index in [2.05, 4.69) is 0 Å². The van der Waals surface area contributed by atoms with Gasteiger partial charge in [0.25, 0.3) is 0 Å². The Morgan fingerprint density at radius 2 is 1.93 bits per heavy atom. The molecule has 0 bridgehead atoms. The van der Waals surface area contributed by atoms with Crippen molar-refractivity contribution in [3.63, 3.8) is 0 Å². The fourth-order valence-corrected chi connectivity index (χ4v) is 1.03. The molecule has 0 aromatic heterocycles. The molecule has 0 fully saturated rings. The van der Waals surface area contributed by atoms with E-state index in [9.17, 15) is 9.59 Å². The van der Waals surface area contributed by atoms with Crippen molar-refractivity contribution in [3.8, 4) is 0 Å². The summed E-state index contributed by atoms with van der Waals surface area (Å²) < 4.78 is 0. The second-order valence-corrected chi connectivity index (χ2v) is 2.78. The van der Waals surface area contributed by atoms with E-state index in [-0.39, 0.29) is 0 Å². The summed E-state index contributed by atoms with van der Waals surface area (Å²) in [5, 5.41) is 8.38. The van der Waals surface area contributed by atoms with Gasteiger partial charge in [0.15, 0.2) is 0 Å². The van der Waals surface area contributed by atoms with Crippen molar-refractivity contribution in [1.29, 1.82) is 0 Å². The average molecular weight is 190 g/mol. The molecule has 0 heterocycles. The van der Waals surface area contributed by atoms with Gasteiger partial charge in [-0.2, -0.15) is 0 Å². The fraction of sp³-hybridized carbons (Fsp3) is 0.0909. The Bertz CT molecular complexity index is 349. The molecule has 1 aromatic rings. The molecule has 0 saturated heterocycles. The number of carbonyl (C=O) groups excluding carboxylic acids is 1. The molecule has 0 spiro atoms. The van der Waals surface area contributed by atoms with Crippen molar-refractivity contribution in [2.45, 2.75) is 6.42 Å². The molecular formula is C11H10O3. The Morgan fingerprint density at radius 1 is 1.29 bits per heavy atom. The molecule has 1 N–H and O–H groups in total. The van der Waals surface area contributed by atoms with Crippen molar-refractivity contribution in [1.82, 2.24) is 0 Å². The van der Waals surface area contributed by atoms with Gasteiger partial charge in [0.2, 0.25) is 0 Å². The number of benzene rings is 1. The lowest BCUT2D eigenvalue weighted by atomic mass is 10.1. The van der Waals surface area contributed by atoms with Crippen LogP contribution in [0.1, 0.15) is 11.1 Å². The molecule has 72 valence electrons. The van der Waals surface area contributed by atoms with Gasteiger partial charge in [-0.15, -0.1) is 0 Å². The first-order chi connectivity index (χ1) is 6.72. The molecule has 1 rings (SSSR count). The second-order valence-electron chi connectivity index (χ2n) is 2.78. The van der Waals surface area contributed by atoms with Crippen LogP contribution in [0.25, 0.3) is 6.08 Å². The van der Waals surface area contributed by atoms with Gasteiger partial charge >= 0.3 is 5.97 Å². The van der Waals surface area contributed by atoms with Crippen LogP contribution in [-0.4, -0.2) is 17.4 Å². The second kappa shape index (κ2) is 4.97. The Morgan fingerprint density at radius 3 is 2.43 bits per heavy atom. The third-order valence-electron chi connectivity index (χ3n) is 1.72. The Labute approximate surface area is 81.7 Å². The Balaban J connectivity index is 2.73. The molecule has 1 aromatic carbocycles. The molecule has 14 heavy (non-hydrogen) atoms. The number of carboxylic acid groups (broad SMARTS) is 1. The van der Waals surface area contributed by atoms with Gasteiger partial charge in [0, 0.05) is 12.5 Å². The van der Waals surface area contributed by atoms with E-state index in [1.165, 1.54) is 6.08 Å². The normalized spacial score (nSPS) is 10.3. The third-order valence-corrected chi connectivity index (χ3v) is 1.72. The van der Waals surface area contributed by atoms with Gasteiger partial charge in [-0.05, 0) is 17.2 Å². The topological polar surface area (TPSA) is 54.4 Å². The predicted octanol–water partition coefficient (Wildman–Crippen LogP) is 1.53. The molecule has 0 radical (unpaired) electrons. The van der Waals surface area contributed by atoms with E-state index in [0.717, 1.165) is 23.5 Å². The monoisotopic (exact) mass is 190 g/mol. The van der Waals surface area contributed by atoms with Crippen molar-refractivity contribution in [2.24, 2.45) is 0 Å². The largest absolute Gasteiger partial charge is 0.478 e. The van der Waals surface area contributed by atoms with Gasteiger partial charge in [-0.25, -0.2) is 4.79 Å². The molecule has 0 amide bonds. The lowest BCUT2D eigenvalue weighted by Gasteiger charge is -1.95. The minimum absolute atomic E-state index is 0.392. The van der Waals surface area contributed by atoms with Crippen molar-refractivity contribution >= 4 is 18.3 Å². The highest BCUT2D eigenvalue weighted by atomic mass is 16.4. The number of hydrogen-bond donors (Lipinski definition) is 1. The molecule has 0 atom stereocenters. The number of aldehydes is 1. The van der Waals surface area contributed by atoms with Gasteiger partial charge in [-0.1, -0.05) is 24.3 Å². The third kappa shape index (κ3) is 3.23. The van der Waals surface area contributed by atoms with Gasteiger partial charge in [0.1, 0.15) is 6.29 Å². The fourth-order valence-electron chi connectivity index (χ4n) is 1.03. The summed E-state index contributed by atoms with van der Waals surface area (Å²) in [6.07, 6.45) is 3.81. The van der Waals surface area contributed by atoms with Crippen molar-refractivity contribution in [2.75, 3.05) is 0 Å². The standard InChI is InChI=1S/C11H10O3/c12-8-7-10-3-1-9(2-4-10)5-6-11(13)14/h1-6,8H,7H2,(H,13,14)/b6-5+. The molecule has 3 nitrogen and oxygen atoms in total. The molecule has 0 aliphatic rings. The zero-order valence-electron chi connectivity index (χ0n) is 7.51. The number of aliphatic carboxylic acids is 1. The molecule has 0 aliphatic carbocycles. The molecular weight excluding hydrogens is 180 g/mol. The summed E-state index contributed by atoms with van der Waals surface area (Å²) in [6, 6.07) is 7.16. The zero-order valence-corrected chi connectivity index (χ0v) is 7.51. The highest BCUT2D eigenvalue weighted by Gasteiger charge is 1.92. The van der Waals surface area contributed by atoms with Crippen LogP contribution in [0.15, 0.2) is 30.3 Å². The molecule has 0 aliphatic heterocycles. The summed E-state index contributed by atoms with van der Waals surface area (Å²) in [6.45, 7) is 0. The summed E-state index contributed by atoms with van der Waals surface area (Å²) in [4.78, 5) is 20.4. The van der Waals surface area contributed by atoms with Gasteiger partial charge < -0.3 is 9.90 Å². The van der Waals surface area contributed by atoms with Crippen LogP contribution < -0.4 is 0 Å². The van der Waals surface area contributed by atoms with Crippen LogP contribution in [-0.2, 0) is 16.0 Å². The smallest absolute Gasteiger partial charge is 0.328 e. The van der Waals surface area contributed by atoms with Crippen molar-refractivity contribution in [3.05, 3.63) is 41.5 Å². The maximum absolute atomic E-state index is 10.2. The van der Waals surface area contributed by atoms with Crippen LogP contribution >= 0.6 is 0 Å². The number of hydrogen-bond acceptors (Lipinski definition) is 2. The first-order valence-electron chi connectivity index (χ1n) is 4.16. The highest BCUT2D eigenvalue weighted by Crippen LogP contribution is 2.05. The minimum atomic E-state index is -0.970. The van der Waals surface area contributed by atoms with E-state index in [1.54, 1.807) is 24.3 Å². The van der Waals surface area contributed by atoms with Gasteiger partial charge in [0.05, 0.1) is 0 Å². The van der Waals surface area contributed by atoms with E-state index >= 15 is 0 Å². The minimum Gasteiger partial charge on any atom is -0.478 e. The van der Waals surface area contributed by atoms with Crippen LogP contribution in [0.5, 0.6) is 0 Å². The Kier molecular flexibility index (Phi) is 3.61. The van der Waals surface area contributed by atoms with Crippen LogP contribution in [0.2, 0.25) is 0 Å². The predicted molar refractivity (Wildman–Crippen MR) is 52.9 cm³/mol. The summed E-state index contributed by atoms with van der Waals surface area (Å²) in [5.74, 6) is -0.970. The summed E-state index contributed by atoms with van der Waals surface area (Å²) in [7, 11) is 0. The van der Waals surface area contributed by atoms with Crippen molar-refractivity contribution < 1.29 is 14.7 Å². The van der Waals surface area contributed by atoms with E-state index in [4.69, 9.17) is 5.11 Å². The lowest BCUT2D eigenvalue weighted by molar-refractivity contribution is -0.131. The SMILES string of the molecule is O=CCc1ccc(/C=C/C(=O)O)cc1. The molecule has 0 unspecified atom stereocenters. The average Bonchev–Trinajstić information content (AvgIpc) is 2.17. The maximum atomic E-state index is 10.2. The quantitative estimate of drug-likeness (QED) is 0.578. The summed E-state index contributed by atoms with van der Waals surface area (Å²) >= 11 is 0. The highest BCUT2D eigenvalue weighted by molar-refractivity contribution is 5.85. The first kappa shape index (κ1) is 10.2.